The van der Waals surface area contributed by atoms with Crippen LogP contribution in [0.3, 0.4) is 0 Å². The minimum atomic E-state index is 0.565. The Balaban J connectivity index is 1.18. The van der Waals surface area contributed by atoms with Gasteiger partial charge in [0.25, 0.3) is 0 Å². The lowest BCUT2D eigenvalue weighted by atomic mass is 9.97. The largest absolute Gasteiger partial charge is 0.309 e. The predicted molar refractivity (Wildman–Crippen MR) is 224 cm³/mol. The molecule has 0 amide bonds. The van der Waals surface area contributed by atoms with Crippen LogP contribution in [0.15, 0.2) is 176 Å². The number of benzene rings is 8. The van der Waals surface area contributed by atoms with Crippen molar-refractivity contribution in [3.05, 3.63) is 187 Å². The molecule has 0 bridgehead atoms. The summed E-state index contributed by atoms with van der Waals surface area (Å²) < 4.78 is 6.93. The van der Waals surface area contributed by atoms with Gasteiger partial charge in [-0.15, -0.1) is 0 Å². The first-order valence-corrected chi connectivity index (χ1v) is 18.3. The summed E-state index contributed by atoms with van der Waals surface area (Å²) in [6.45, 7) is 0. The van der Waals surface area contributed by atoms with Gasteiger partial charge >= 0.3 is 0 Å². The van der Waals surface area contributed by atoms with Crippen molar-refractivity contribution in [1.82, 2.24) is 13.7 Å². The number of para-hydroxylation sites is 6. The molecule has 0 aliphatic heterocycles. The Bertz CT molecular complexity index is 3420. The molecule has 0 saturated carbocycles. The lowest BCUT2D eigenvalue weighted by Gasteiger charge is -2.18. The van der Waals surface area contributed by atoms with Gasteiger partial charge in [0, 0.05) is 49.1 Å². The van der Waals surface area contributed by atoms with Crippen molar-refractivity contribution in [1.29, 1.82) is 10.5 Å². The van der Waals surface area contributed by atoms with E-state index >= 15 is 0 Å². The molecule has 254 valence electrons. The van der Waals surface area contributed by atoms with E-state index in [1.54, 1.807) is 0 Å². The standard InChI is InChI=1S/C50H29N5/c51-30-32-13-11-25-47-49(32)41-18-5-10-24-46(41)53(47)34-27-28-35(33(29-34)31-52)36-14-1-8-22-44(36)55-45-23-9-4-17-39(45)40-19-12-26-48(50(40)55)54-42-20-6-2-15-37(42)38-16-3-7-21-43(38)54/h1-29H. The highest BCUT2D eigenvalue weighted by atomic mass is 15.1. The molecule has 0 spiro atoms. The molecule has 0 aliphatic rings. The average molecular weight is 700 g/mol. The van der Waals surface area contributed by atoms with E-state index in [1.165, 1.54) is 10.8 Å². The summed E-state index contributed by atoms with van der Waals surface area (Å²) in [6, 6.07) is 65.9. The molecular weight excluding hydrogens is 671 g/mol. The van der Waals surface area contributed by atoms with E-state index in [4.69, 9.17) is 0 Å². The highest BCUT2D eigenvalue weighted by molar-refractivity contribution is 6.16. The van der Waals surface area contributed by atoms with Gasteiger partial charge in [-0.2, -0.15) is 10.5 Å². The molecule has 0 aliphatic carbocycles. The van der Waals surface area contributed by atoms with E-state index in [0.717, 1.165) is 82.8 Å². The van der Waals surface area contributed by atoms with Crippen LogP contribution in [0.4, 0.5) is 0 Å². The van der Waals surface area contributed by atoms with Gasteiger partial charge in [-0.3, -0.25) is 0 Å². The molecule has 0 atom stereocenters. The fourth-order valence-corrected chi connectivity index (χ4v) is 8.90. The maximum atomic E-state index is 10.8. The zero-order valence-electron chi connectivity index (χ0n) is 29.5. The summed E-state index contributed by atoms with van der Waals surface area (Å²) in [7, 11) is 0. The molecule has 5 nitrogen and oxygen atoms in total. The number of aromatic nitrogens is 3. The van der Waals surface area contributed by atoms with Gasteiger partial charge in [-0.05, 0) is 60.7 Å². The fraction of sp³-hybridized carbons (Fsp3) is 0. The number of nitriles is 2. The Morgan fingerprint density at radius 1 is 0.345 bits per heavy atom. The molecule has 0 unspecified atom stereocenters. The molecule has 0 fully saturated rings. The molecule has 8 aromatic carbocycles. The van der Waals surface area contributed by atoms with Crippen LogP contribution in [0.1, 0.15) is 11.1 Å². The maximum absolute atomic E-state index is 10.8. The van der Waals surface area contributed by atoms with E-state index in [9.17, 15) is 10.5 Å². The Morgan fingerprint density at radius 3 is 1.55 bits per heavy atom. The third-order valence-corrected chi connectivity index (χ3v) is 11.1. The number of fused-ring (bicyclic) bond motifs is 9. The van der Waals surface area contributed by atoms with Gasteiger partial charge < -0.3 is 13.7 Å². The van der Waals surface area contributed by atoms with Gasteiger partial charge in [0.15, 0.2) is 0 Å². The number of nitrogens with zero attached hydrogens (tertiary/aromatic N) is 5. The van der Waals surface area contributed by atoms with Gasteiger partial charge in [0.05, 0.1) is 67.7 Å². The SMILES string of the molecule is N#Cc1cc(-n2c3ccccc3c3c(C#N)cccc32)ccc1-c1ccccc1-n1c2ccccc2c2cccc(-n3c4ccccc4c4ccccc43)c21. The van der Waals surface area contributed by atoms with Crippen LogP contribution in [0.25, 0.3) is 93.6 Å². The Morgan fingerprint density at radius 2 is 0.855 bits per heavy atom. The second-order valence-corrected chi connectivity index (χ2v) is 13.9. The van der Waals surface area contributed by atoms with Crippen LogP contribution >= 0.6 is 0 Å². The van der Waals surface area contributed by atoms with Crippen LogP contribution < -0.4 is 0 Å². The molecule has 0 radical (unpaired) electrons. The molecule has 5 heteroatoms. The summed E-state index contributed by atoms with van der Waals surface area (Å²) in [5.41, 5.74) is 12.3. The first-order chi connectivity index (χ1) is 27.2. The number of hydrogen-bond donors (Lipinski definition) is 0. The minimum Gasteiger partial charge on any atom is -0.309 e. The van der Waals surface area contributed by atoms with Crippen LogP contribution in [-0.4, -0.2) is 13.7 Å². The van der Waals surface area contributed by atoms with Crippen LogP contribution in [0.2, 0.25) is 0 Å². The Hall–Kier alpha value is -7.86. The normalized spacial score (nSPS) is 11.6. The lowest BCUT2D eigenvalue weighted by Crippen LogP contribution is -2.03. The van der Waals surface area contributed by atoms with Crippen molar-refractivity contribution in [2.75, 3.05) is 0 Å². The van der Waals surface area contributed by atoms with Crippen molar-refractivity contribution in [3.63, 3.8) is 0 Å². The molecule has 0 N–H and O–H groups in total. The zero-order chi connectivity index (χ0) is 36.6. The first kappa shape index (κ1) is 30.7. The number of rotatable bonds is 4. The summed E-state index contributed by atoms with van der Waals surface area (Å²) in [6.07, 6.45) is 0. The Labute approximate surface area is 316 Å². The van der Waals surface area contributed by atoms with E-state index in [1.807, 2.05) is 42.5 Å². The van der Waals surface area contributed by atoms with E-state index in [-0.39, 0.29) is 0 Å². The van der Waals surface area contributed by atoms with E-state index < -0.39 is 0 Å². The molecule has 55 heavy (non-hydrogen) atoms. The lowest BCUT2D eigenvalue weighted by molar-refractivity contribution is 1.13. The first-order valence-electron chi connectivity index (χ1n) is 18.3. The number of hydrogen-bond acceptors (Lipinski definition) is 2. The molecule has 11 rings (SSSR count). The van der Waals surface area contributed by atoms with Crippen LogP contribution in [0.5, 0.6) is 0 Å². The molecular formula is C50H29N5. The van der Waals surface area contributed by atoms with E-state index in [0.29, 0.717) is 11.1 Å². The van der Waals surface area contributed by atoms with Crippen LogP contribution in [-0.2, 0) is 0 Å². The monoisotopic (exact) mass is 699 g/mol. The van der Waals surface area contributed by atoms with Crippen molar-refractivity contribution in [2.24, 2.45) is 0 Å². The average Bonchev–Trinajstić information content (AvgIpc) is 3.89. The molecule has 3 aromatic heterocycles. The fourth-order valence-electron chi connectivity index (χ4n) is 8.90. The van der Waals surface area contributed by atoms with Gasteiger partial charge in [-0.25, -0.2) is 0 Å². The van der Waals surface area contributed by atoms with Gasteiger partial charge in [0.1, 0.15) is 0 Å². The third-order valence-electron chi connectivity index (χ3n) is 11.1. The van der Waals surface area contributed by atoms with Crippen molar-refractivity contribution in [3.8, 4) is 40.3 Å². The zero-order valence-corrected chi connectivity index (χ0v) is 29.5. The van der Waals surface area contributed by atoms with Crippen molar-refractivity contribution in [2.45, 2.75) is 0 Å². The van der Waals surface area contributed by atoms with Crippen molar-refractivity contribution < 1.29 is 0 Å². The molecule has 0 saturated heterocycles. The second-order valence-electron chi connectivity index (χ2n) is 13.9. The predicted octanol–water partition coefficient (Wildman–Crippen LogP) is 12.4. The minimum absolute atomic E-state index is 0.565. The highest BCUT2D eigenvalue weighted by Gasteiger charge is 2.22. The smallest absolute Gasteiger partial charge is 0.0998 e. The molecule has 11 aromatic rings. The van der Waals surface area contributed by atoms with Crippen molar-refractivity contribution >= 4 is 65.4 Å². The second kappa shape index (κ2) is 11.8. The summed E-state index contributed by atoms with van der Waals surface area (Å²) in [5.74, 6) is 0. The van der Waals surface area contributed by atoms with E-state index in [2.05, 4.69) is 159 Å². The maximum Gasteiger partial charge on any atom is 0.0998 e. The summed E-state index contributed by atoms with van der Waals surface area (Å²) >= 11 is 0. The van der Waals surface area contributed by atoms with Crippen LogP contribution in [0, 0.1) is 22.7 Å². The van der Waals surface area contributed by atoms with Gasteiger partial charge in [0.2, 0.25) is 0 Å². The van der Waals surface area contributed by atoms with Gasteiger partial charge in [-0.1, -0.05) is 115 Å². The molecule has 3 heterocycles. The topological polar surface area (TPSA) is 62.4 Å². The summed E-state index contributed by atoms with van der Waals surface area (Å²) in [5, 5.41) is 27.5. The quantitative estimate of drug-likeness (QED) is 0.184. The third kappa shape index (κ3) is 4.33. The Kier molecular flexibility index (Phi) is 6.61. The summed E-state index contributed by atoms with van der Waals surface area (Å²) in [4.78, 5) is 0. The highest BCUT2D eigenvalue weighted by Crippen LogP contribution is 2.42.